The highest BCUT2D eigenvalue weighted by Crippen LogP contribution is 2.33. The highest BCUT2D eigenvalue weighted by atomic mass is 32.2. The molecule has 11 heteroatoms. The third-order valence-corrected chi connectivity index (χ3v) is 9.49. The van der Waals surface area contributed by atoms with Gasteiger partial charge in [-0.25, -0.2) is 8.42 Å². The Kier molecular flexibility index (Phi) is 12.2. The van der Waals surface area contributed by atoms with Crippen LogP contribution in [-0.2, 0) is 14.8 Å². The Morgan fingerprint density at radius 3 is 2.14 bits per heavy atom. The number of nitrogens with zero attached hydrogens (tertiary/aromatic N) is 3. The molecular weight excluding hydrogens is 591 g/mol. The Labute approximate surface area is 259 Å². The van der Waals surface area contributed by atoms with E-state index in [9.17, 15) is 26.4 Å². The molecule has 0 aromatic heterocycles. The van der Waals surface area contributed by atoms with E-state index in [-0.39, 0.29) is 12.8 Å². The Morgan fingerprint density at radius 1 is 0.864 bits per heavy atom. The van der Waals surface area contributed by atoms with Gasteiger partial charge in [0.15, 0.2) is 0 Å². The van der Waals surface area contributed by atoms with Gasteiger partial charge in [0.1, 0.15) is 5.75 Å². The number of alkyl halides is 3. The monoisotopic (exact) mass is 633 g/mol. The van der Waals surface area contributed by atoms with Crippen molar-refractivity contribution in [3.05, 3.63) is 89.0 Å². The number of carbonyl (C=O) groups excluding carboxylic acids is 1. The molecule has 0 spiro atoms. The van der Waals surface area contributed by atoms with Crippen LogP contribution in [0.2, 0.25) is 0 Å². The molecular formula is C33H42F3N3O4S. The molecule has 2 aliphatic heterocycles. The van der Waals surface area contributed by atoms with E-state index in [4.69, 9.17) is 4.74 Å². The van der Waals surface area contributed by atoms with Gasteiger partial charge in [-0.1, -0.05) is 42.5 Å². The molecule has 7 nitrogen and oxygen atoms in total. The van der Waals surface area contributed by atoms with Crippen molar-refractivity contribution >= 4 is 22.1 Å². The van der Waals surface area contributed by atoms with Gasteiger partial charge in [0, 0.05) is 57.9 Å². The van der Waals surface area contributed by atoms with Gasteiger partial charge in [0.05, 0.1) is 12.0 Å². The minimum atomic E-state index is -4.00. The Balaban J connectivity index is 0.000000219. The molecule has 1 unspecified atom stereocenters. The zero-order valence-corrected chi connectivity index (χ0v) is 26.8. The number of anilines is 1. The summed E-state index contributed by atoms with van der Waals surface area (Å²) >= 11 is 0. The van der Waals surface area contributed by atoms with E-state index in [1.165, 1.54) is 35.1 Å². The summed E-state index contributed by atoms with van der Waals surface area (Å²) in [5.74, 6) is 0.817. The molecule has 0 saturated carbocycles. The maximum atomic E-state index is 12.8. The van der Waals surface area contributed by atoms with Crippen molar-refractivity contribution in [2.24, 2.45) is 0 Å². The predicted molar refractivity (Wildman–Crippen MR) is 168 cm³/mol. The smallest absolute Gasteiger partial charge is 0.386 e. The third-order valence-electron chi connectivity index (χ3n) is 7.63. The number of benzene rings is 3. The summed E-state index contributed by atoms with van der Waals surface area (Å²) in [6, 6.07) is 21.4. The molecule has 5 rings (SSSR count). The van der Waals surface area contributed by atoms with E-state index in [0.29, 0.717) is 23.7 Å². The molecule has 2 saturated heterocycles. The third kappa shape index (κ3) is 9.99. The summed E-state index contributed by atoms with van der Waals surface area (Å²) in [7, 11) is -1.93. The van der Waals surface area contributed by atoms with Crippen LogP contribution in [0, 0.1) is 20.8 Å². The van der Waals surface area contributed by atoms with Gasteiger partial charge < -0.3 is 14.5 Å². The van der Waals surface area contributed by atoms with Gasteiger partial charge in [-0.2, -0.15) is 17.5 Å². The summed E-state index contributed by atoms with van der Waals surface area (Å²) in [6.07, 6.45) is -2.20. The lowest BCUT2D eigenvalue weighted by atomic mass is 9.94. The minimum absolute atomic E-state index is 0.188. The average molecular weight is 634 g/mol. The quantitative estimate of drug-likeness (QED) is 0.297. The van der Waals surface area contributed by atoms with Crippen LogP contribution in [0.3, 0.4) is 0 Å². The van der Waals surface area contributed by atoms with Crippen LogP contribution in [0.4, 0.5) is 18.9 Å². The molecule has 2 fully saturated rings. The summed E-state index contributed by atoms with van der Waals surface area (Å²) < 4.78 is 63.5. The second-order valence-corrected chi connectivity index (χ2v) is 13.0. The van der Waals surface area contributed by atoms with Gasteiger partial charge >= 0.3 is 6.18 Å². The first-order valence-corrected chi connectivity index (χ1v) is 15.9. The van der Waals surface area contributed by atoms with Crippen LogP contribution < -0.4 is 9.64 Å². The highest BCUT2D eigenvalue weighted by molar-refractivity contribution is 7.89. The largest absolute Gasteiger partial charge is 0.497 e. The normalized spacial score (nSPS) is 17.2. The van der Waals surface area contributed by atoms with Crippen molar-refractivity contribution < 1.29 is 31.1 Å². The standard InChI is InChI=1S/C18H21NO3S.C13H18N2O.C2H3F3/c1-14-6-3-4-9-18(14)15-10-11-19(13-15)23(20,21)17-8-5-7-16(12-17)22-2;1-11-3-4-12(2)13(9-11)15-7-5-14(10-16)6-8-15;1-2(3,4)5/h3-9,12,15H,10-11,13H2,1-2H3;3-4,9-10H,5-8H2,1-2H3;1H3. The van der Waals surface area contributed by atoms with E-state index in [1.807, 2.05) is 17.0 Å². The number of aryl methyl sites for hydroxylation is 3. The number of halogens is 3. The molecule has 44 heavy (non-hydrogen) atoms. The first-order chi connectivity index (χ1) is 20.7. The Morgan fingerprint density at radius 2 is 1.52 bits per heavy atom. The van der Waals surface area contributed by atoms with Gasteiger partial charge in [-0.3, -0.25) is 4.79 Å². The average Bonchev–Trinajstić information content (AvgIpc) is 3.49. The van der Waals surface area contributed by atoms with Crippen molar-refractivity contribution in [1.29, 1.82) is 0 Å². The molecule has 0 radical (unpaired) electrons. The first kappa shape index (κ1) is 34.9. The van der Waals surface area contributed by atoms with Crippen LogP contribution in [0.1, 0.15) is 41.5 Å². The van der Waals surface area contributed by atoms with Crippen LogP contribution in [0.15, 0.2) is 71.6 Å². The summed E-state index contributed by atoms with van der Waals surface area (Å²) in [6.45, 7) is 11.1. The number of piperazine rings is 1. The first-order valence-electron chi connectivity index (χ1n) is 14.5. The fourth-order valence-corrected chi connectivity index (χ4v) is 6.82. The molecule has 1 atom stereocenters. The van der Waals surface area contributed by atoms with Crippen LogP contribution in [-0.4, -0.2) is 76.6 Å². The molecule has 0 bridgehead atoms. The lowest BCUT2D eigenvalue weighted by molar-refractivity contribution is -0.118. The fraction of sp³-hybridized carbons (Fsp3) is 0.424. The zero-order valence-electron chi connectivity index (χ0n) is 26.0. The summed E-state index contributed by atoms with van der Waals surface area (Å²) in [5, 5.41) is 0. The van der Waals surface area contributed by atoms with Crippen molar-refractivity contribution in [2.75, 3.05) is 51.3 Å². The van der Waals surface area contributed by atoms with E-state index in [0.717, 1.165) is 39.0 Å². The van der Waals surface area contributed by atoms with Crippen molar-refractivity contribution in [2.45, 2.75) is 51.1 Å². The minimum Gasteiger partial charge on any atom is -0.497 e. The topological polar surface area (TPSA) is 70.2 Å². The van der Waals surface area contributed by atoms with Crippen molar-refractivity contribution in [3.63, 3.8) is 0 Å². The fourth-order valence-electron chi connectivity index (χ4n) is 5.28. The molecule has 2 heterocycles. The van der Waals surface area contributed by atoms with Gasteiger partial charge in [0.2, 0.25) is 16.4 Å². The molecule has 3 aromatic rings. The SMILES string of the molecule is CC(F)(F)F.COc1cccc(S(=O)(=O)N2CCC(c3ccccc3C)C2)c1.Cc1ccc(C)c(N2CCN(C=O)CC2)c1. The number of hydrogen-bond acceptors (Lipinski definition) is 5. The lowest BCUT2D eigenvalue weighted by Crippen LogP contribution is -2.45. The predicted octanol–water partition coefficient (Wildman–Crippen LogP) is 6.33. The molecule has 3 aromatic carbocycles. The van der Waals surface area contributed by atoms with E-state index in [1.54, 1.807) is 28.6 Å². The van der Waals surface area contributed by atoms with Gasteiger partial charge in [-0.05, 0) is 73.6 Å². The molecule has 1 amide bonds. The Hall–Kier alpha value is -3.57. The number of carbonyl (C=O) groups is 1. The maximum absolute atomic E-state index is 12.8. The number of ether oxygens (including phenoxy) is 1. The van der Waals surface area contributed by atoms with Crippen LogP contribution >= 0.6 is 0 Å². The van der Waals surface area contributed by atoms with Crippen LogP contribution in [0.5, 0.6) is 5.75 Å². The lowest BCUT2D eigenvalue weighted by Gasteiger charge is -2.35. The number of amides is 1. The molecule has 2 aliphatic rings. The van der Waals surface area contributed by atoms with E-state index in [2.05, 4.69) is 56.0 Å². The molecule has 0 N–H and O–H groups in total. The molecule has 0 aliphatic carbocycles. The Bertz CT molecular complexity index is 1480. The summed E-state index contributed by atoms with van der Waals surface area (Å²) in [4.78, 5) is 15.1. The van der Waals surface area contributed by atoms with Gasteiger partial charge in [0.25, 0.3) is 0 Å². The summed E-state index contributed by atoms with van der Waals surface area (Å²) in [5.41, 5.74) is 6.38. The zero-order chi connectivity index (χ0) is 32.5. The number of methoxy groups -OCH3 is 1. The van der Waals surface area contributed by atoms with Gasteiger partial charge in [-0.15, -0.1) is 0 Å². The number of rotatable bonds is 6. The van der Waals surface area contributed by atoms with Crippen molar-refractivity contribution in [1.82, 2.24) is 9.21 Å². The van der Waals surface area contributed by atoms with E-state index >= 15 is 0 Å². The van der Waals surface area contributed by atoms with Crippen molar-refractivity contribution in [3.8, 4) is 5.75 Å². The maximum Gasteiger partial charge on any atom is 0.386 e. The number of sulfonamides is 1. The van der Waals surface area contributed by atoms with E-state index < -0.39 is 16.2 Å². The second-order valence-electron chi connectivity index (χ2n) is 11.1. The number of hydrogen-bond donors (Lipinski definition) is 0. The molecule has 240 valence electrons. The highest BCUT2D eigenvalue weighted by Gasteiger charge is 2.33. The second kappa shape index (κ2) is 15.4. The van der Waals surface area contributed by atoms with Crippen LogP contribution in [0.25, 0.3) is 0 Å².